The average molecular weight is 172 g/mol. The third kappa shape index (κ3) is 1.88. The van der Waals surface area contributed by atoms with E-state index in [-0.39, 0.29) is 5.17 Å². The molecule has 4 nitrogen and oxygen atoms in total. The Morgan fingerprint density at radius 3 is 2.55 bits per heavy atom. The number of nitrogens with zero attached hydrogens (tertiary/aromatic N) is 3. The van der Waals surface area contributed by atoms with Crippen LogP contribution >= 0.6 is 11.6 Å². The lowest BCUT2D eigenvalue weighted by molar-refractivity contribution is 0.321. The van der Waals surface area contributed by atoms with Crippen molar-refractivity contribution in [3.8, 4) is 0 Å². The van der Waals surface area contributed by atoms with E-state index in [1.54, 1.807) is 6.92 Å². The van der Waals surface area contributed by atoms with Crippen LogP contribution in [0.2, 0.25) is 0 Å². The SMILES string of the molecule is Cc1ncc(/C(Cl)=N/O)cn1. The highest BCUT2D eigenvalue weighted by Gasteiger charge is 1.99. The summed E-state index contributed by atoms with van der Waals surface area (Å²) >= 11 is 5.46. The fourth-order valence-corrected chi connectivity index (χ4v) is 0.654. The van der Waals surface area contributed by atoms with Gasteiger partial charge in [-0.05, 0) is 6.92 Å². The fourth-order valence-electron chi connectivity index (χ4n) is 0.557. The number of aromatic nitrogens is 2. The van der Waals surface area contributed by atoms with Gasteiger partial charge in [-0.1, -0.05) is 16.8 Å². The van der Waals surface area contributed by atoms with Crippen LogP contribution in [0.15, 0.2) is 17.5 Å². The van der Waals surface area contributed by atoms with E-state index < -0.39 is 0 Å². The lowest BCUT2D eigenvalue weighted by Gasteiger charge is -1.94. The third-order valence-corrected chi connectivity index (χ3v) is 1.40. The molecular weight excluding hydrogens is 166 g/mol. The topological polar surface area (TPSA) is 58.4 Å². The molecule has 1 rings (SSSR count). The standard InChI is InChI=1S/C6H6ClN3O/c1-4-8-2-5(3-9-4)6(7)10-11/h2-3,11H,1H3/b10-6-. The van der Waals surface area contributed by atoms with Crippen molar-refractivity contribution in [1.29, 1.82) is 0 Å². The maximum Gasteiger partial charge on any atom is 0.178 e. The van der Waals surface area contributed by atoms with Crippen molar-refractivity contribution in [2.75, 3.05) is 0 Å². The van der Waals surface area contributed by atoms with E-state index >= 15 is 0 Å². The largest absolute Gasteiger partial charge is 0.410 e. The molecule has 0 spiro atoms. The lowest BCUT2D eigenvalue weighted by Crippen LogP contribution is -1.95. The van der Waals surface area contributed by atoms with Crippen LogP contribution in [-0.2, 0) is 0 Å². The lowest BCUT2D eigenvalue weighted by atomic mass is 10.4. The zero-order valence-corrected chi connectivity index (χ0v) is 6.58. The minimum Gasteiger partial charge on any atom is -0.410 e. The van der Waals surface area contributed by atoms with Crippen molar-refractivity contribution in [2.45, 2.75) is 6.92 Å². The average Bonchev–Trinajstić information content (AvgIpc) is 2.05. The predicted molar refractivity (Wildman–Crippen MR) is 40.9 cm³/mol. The van der Waals surface area contributed by atoms with Gasteiger partial charge >= 0.3 is 0 Å². The van der Waals surface area contributed by atoms with Crippen LogP contribution in [0.4, 0.5) is 0 Å². The van der Waals surface area contributed by atoms with Gasteiger partial charge in [0.25, 0.3) is 0 Å². The molecule has 5 heteroatoms. The Morgan fingerprint density at radius 2 is 2.09 bits per heavy atom. The van der Waals surface area contributed by atoms with Crippen LogP contribution in [-0.4, -0.2) is 20.3 Å². The van der Waals surface area contributed by atoms with Gasteiger partial charge in [0.15, 0.2) is 5.17 Å². The van der Waals surface area contributed by atoms with Crippen molar-refractivity contribution < 1.29 is 5.21 Å². The van der Waals surface area contributed by atoms with Gasteiger partial charge in [0, 0.05) is 12.4 Å². The molecular formula is C6H6ClN3O. The van der Waals surface area contributed by atoms with Crippen molar-refractivity contribution >= 4 is 16.8 Å². The molecule has 0 saturated carbocycles. The number of hydrogen-bond acceptors (Lipinski definition) is 4. The van der Waals surface area contributed by atoms with Crippen LogP contribution in [0.5, 0.6) is 0 Å². The third-order valence-electron chi connectivity index (χ3n) is 1.11. The van der Waals surface area contributed by atoms with Gasteiger partial charge in [0.2, 0.25) is 0 Å². The van der Waals surface area contributed by atoms with Gasteiger partial charge < -0.3 is 5.21 Å². The highest BCUT2D eigenvalue weighted by Crippen LogP contribution is 2.01. The first-order valence-corrected chi connectivity index (χ1v) is 3.28. The molecule has 0 aromatic carbocycles. The highest BCUT2D eigenvalue weighted by molar-refractivity contribution is 6.69. The Kier molecular flexibility index (Phi) is 2.38. The van der Waals surface area contributed by atoms with E-state index in [0.29, 0.717) is 11.4 Å². The molecule has 0 aliphatic carbocycles. The Bertz CT molecular complexity index is 270. The molecule has 0 fully saturated rings. The van der Waals surface area contributed by atoms with Crippen molar-refractivity contribution in [3.05, 3.63) is 23.8 Å². The number of aryl methyl sites for hydroxylation is 1. The molecule has 0 atom stereocenters. The monoisotopic (exact) mass is 171 g/mol. The second-order valence-corrected chi connectivity index (χ2v) is 2.27. The molecule has 0 aliphatic heterocycles. The first kappa shape index (κ1) is 7.94. The van der Waals surface area contributed by atoms with Crippen LogP contribution in [0.1, 0.15) is 11.4 Å². The molecule has 0 amide bonds. The van der Waals surface area contributed by atoms with Gasteiger partial charge in [-0.2, -0.15) is 0 Å². The molecule has 0 unspecified atom stereocenters. The maximum atomic E-state index is 8.26. The van der Waals surface area contributed by atoms with E-state index in [4.69, 9.17) is 16.8 Å². The van der Waals surface area contributed by atoms with E-state index in [2.05, 4.69) is 15.1 Å². The molecule has 0 aliphatic rings. The molecule has 0 bridgehead atoms. The molecule has 0 radical (unpaired) electrons. The molecule has 11 heavy (non-hydrogen) atoms. The summed E-state index contributed by atoms with van der Waals surface area (Å²) in [5.41, 5.74) is 0.500. The minimum absolute atomic E-state index is 0.00926. The Labute approximate surface area is 68.5 Å². The summed E-state index contributed by atoms with van der Waals surface area (Å²) in [4.78, 5) is 7.72. The summed E-state index contributed by atoms with van der Waals surface area (Å²) < 4.78 is 0. The Balaban J connectivity index is 2.99. The normalized spacial score (nSPS) is 11.6. The number of oxime groups is 1. The zero-order valence-electron chi connectivity index (χ0n) is 5.82. The van der Waals surface area contributed by atoms with E-state index in [1.807, 2.05) is 0 Å². The quantitative estimate of drug-likeness (QED) is 0.392. The summed E-state index contributed by atoms with van der Waals surface area (Å²) in [5.74, 6) is 0.649. The van der Waals surface area contributed by atoms with Gasteiger partial charge in [0.05, 0.1) is 5.56 Å². The Hall–Kier alpha value is -1.16. The van der Waals surface area contributed by atoms with Gasteiger partial charge in [-0.25, -0.2) is 9.97 Å². The molecule has 1 aromatic rings. The van der Waals surface area contributed by atoms with Gasteiger partial charge in [-0.3, -0.25) is 0 Å². The van der Waals surface area contributed by atoms with Gasteiger partial charge in [0.1, 0.15) is 5.82 Å². The summed E-state index contributed by atoms with van der Waals surface area (Å²) in [6.07, 6.45) is 2.98. The fraction of sp³-hybridized carbons (Fsp3) is 0.167. The minimum atomic E-state index is -0.00926. The summed E-state index contributed by atoms with van der Waals surface area (Å²) in [7, 11) is 0. The number of rotatable bonds is 1. The highest BCUT2D eigenvalue weighted by atomic mass is 35.5. The maximum absolute atomic E-state index is 8.26. The van der Waals surface area contributed by atoms with Crippen molar-refractivity contribution in [3.63, 3.8) is 0 Å². The molecule has 1 aromatic heterocycles. The van der Waals surface area contributed by atoms with Crippen LogP contribution in [0.3, 0.4) is 0 Å². The first-order valence-electron chi connectivity index (χ1n) is 2.90. The first-order chi connectivity index (χ1) is 5.24. The summed E-state index contributed by atoms with van der Waals surface area (Å²) in [5, 5.41) is 11.0. The summed E-state index contributed by atoms with van der Waals surface area (Å²) in [6, 6.07) is 0. The van der Waals surface area contributed by atoms with E-state index in [9.17, 15) is 0 Å². The smallest absolute Gasteiger partial charge is 0.178 e. The van der Waals surface area contributed by atoms with Crippen molar-refractivity contribution in [1.82, 2.24) is 9.97 Å². The van der Waals surface area contributed by atoms with Crippen LogP contribution < -0.4 is 0 Å². The zero-order chi connectivity index (χ0) is 8.27. The van der Waals surface area contributed by atoms with E-state index in [1.165, 1.54) is 12.4 Å². The van der Waals surface area contributed by atoms with E-state index in [0.717, 1.165) is 0 Å². The molecule has 1 N–H and O–H groups in total. The summed E-state index contributed by atoms with van der Waals surface area (Å²) in [6.45, 7) is 1.76. The van der Waals surface area contributed by atoms with Crippen LogP contribution in [0, 0.1) is 6.92 Å². The number of hydrogen-bond donors (Lipinski definition) is 1. The molecule has 1 heterocycles. The van der Waals surface area contributed by atoms with Crippen LogP contribution in [0.25, 0.3) is 0 Å². The van der Waals surface area contributed by atoms with Gasteiger partial charge in [-0.15, -0.1) is 0 Å². The Morgan fingerprint density at radius 1 is 1.55 bits per heavy atom. The second kappa shape index (κ2) is 3.30. The number of halogens is 1. The second-order valence-electron chi connectivity index (χ2n) is 1.91. The predicted octanol–water partition coefficient (Wildman–Crippen LogP) is 1.16. The molecule has 58 valence electrons. The van der Waals surface area contributed by atoms with Crippen molar-refractivity contribution in [2.24, 2.45) is 5.16 Å². The molecule has 0 saturated heterocycles.